The van der Waals surface area contributed by atoms with E-state index < -0.39 is 16.0 Å². The minimum absolute atomic E-state index is 0.0120. The van der Waals surface area contributed by atoms with Crippen molar-refractivity contribution in [3.05, 3.63) is 53.6 Å². The largest absolute Gasteiger partial charge is 0.478 e. The minimum atomic E-state index is -3.92. The fraction of sp³-hybridized carbons (Fsp3) is 0.333. The molecule has 0 aliphatic heterocycles. The standard InChI is InChI=1S/C21H26N2O5S/c1-4-12-23(13-5-2)20-11-8-17(14-19(20)21(25)26)22-29(27,28)18-9-6-16(7-10-18)15(3)24/h6-11,14,22H,4-5,12-13H2,1-3H3,(H,25,26). The highest BCUT2D eigenvalue weighted by molar-refractivity contribution is 7.92. The number of benzene rings is 2. The molecule has 156 valence electrons. The fourth-order valence-corrected chi connectivity index (χ4v) is 4.07. The molecular weight excluding hydrogens is 392 g/mol. The third-order valence-corrected chi connectivity index (χ3v) is 5.78. The maximum atomic E-state index is 12.6. The zero-order valence-electron chi connectivity index (χ0n) is 16.8. The van der Waals surface area contributed by atoms with Gasteiger partial charge in [0, 0.05) is 24.3 Å². The van der Waals surface area contributed by atoms with Crippen molar-refractivity contribution in [1.29, 1.82) is 0 Å². The summed E-state index contributed by atoms with van der Waals surface area (Å²) in [7, 11) is -3.92. The molecule has 0 amide bonds. The third-order valence-electron chi connectivity index (χ3n) is 4.38. The summed E-state index contributed by atoms with van der Waals surface area (Å²) in [5.74, 6) is -1.28. The lowest BCUT2D eigenvalue weighted by molar-refractivity contribution is 0.0697. The van der Waals surface area contributed by atoms with Crippen molar-refractivity contribution < 1.29 is 23.1 Å². The van der Waals surface area contributed by atoms with Crippen LogP contribution in [0.5, 0.6) is 0 Å². The smallest absolute Gasteiger partial charge is 0.337 e. The number of carbonyl (C=O) groups excluding carboxylic acids is 1. The zero-order chi connectivity index (χ0) is 21.6. The van der Waals surface area contributed by atoms with Crippen LogP contribution in [0.3, 0.4) is 0 Å². The molecule has 0 unspecified atom stereocenters. The number of carbonyl (C=O) groups is 2. The highest BCUT2D eigenvalue weighted by atomic mass is 32.2. The van der Waals surface area contributed by atoms with Crippen LogP contribution >= 0.6 is 0 Å². The molecule has 0 aromatic heterocycles. The average molecular weight is 419 g/mol. The van der Waals surface area contributed by atoms with E-state index in [1.807, 2.05) is 18.7 Å². The van der Waals surface area contributed by atoms with Gasteiger partial charge in [0.1, 0.15) is 0 Å². The lowest BCUT2D eigenvalue weighted by Gasteiger charge is -2.25. The summed E-state index contributed by atoms with van der Waals surface area (Å²) in [5.41, 5.74) is 1.18. The van der Waals surface area contributed by atoms with Gasteiger partial charge in [-0.15, -0.1) is 0 Å². The van der Waals surface area contributed by atoms with Crippen molar-refractivity contribution in [3.63, 3.8) is 0 Å². The molecule has 0 spiro atoms. The number of anilines is 2. The van der Waals surface area contributed by atoms with E-state index >= 15 is 0 Å². The van der Waals surface area contributed by atoms with Gasteiger partial charge in [0.2, 0.25) is 0 Å². The van der Waals surface area contributed by atoms with Crippen LogP contribution in [0.1, 0.15) is 54.3 Å². The molecule has 0 radical (unpaired) electrons. The van der Waals surface area contributed by atoms with Crippen molar-refractivity contribution in [2.75, 3.05) is 22.7 Å². The second kappa shape index (κ2) is 9.56. The molecule has 0 atom stereocenters. The van der Waals surface area contributed by atoms with Crippen molar-refractivity contribution >= 4 is 33.2 Å². The number of hydrogen-bond acceptors (Lipinski definition) is 5. The predicted molar refractivity (Wildman–Crippen MR) is 113 cm³/mol. The lowest BCUT2D eigenvalue weighted by atomic mass is 10.1. The SMILES string of the molecule is CCCN(CCC)c1ccc(NS(=O)(=O)c2ccc(C(C)=O)cc2)cc1C(=O)O. The maximum Gasteiger partial charge on any atom is 0.337 e. The molecule has 2 N–H and O–H groups in total. The Bertz CT molecular complexity index is 979. The average Bonchev–Trinajstić information content (AvgIpc) is 2.67. The molecule has 0 aliphatic rings. The Balaban J connectivity index is 2.36. The highest BCUT2D eigenvalue weighted by Crippen LogP contribution is 2.27. The van der Waals surface area contributed by atoms with Gasteiger partial charge in [-0.2, -0.15) is 0 Å². The molecule has 0 fully saturated rings. The van der Waals surface area contributed by atoms with Crippen LogP contribution in [-0.4, -0.2) is 38.4 Å². The van der Waals surface area contributed by atoms with Crippen LogP contribution in [0.25, 0.3) is 0 Å². The van der Waals surface area contributed by atoms with Gasteiger partial charge in [0.15, 0.2) is 5.78 Å². The first kappa shape index (κ1) is 22.4. The lowest BCUT2D eigenvalue weighted by Crippen LogP contribution is -2.27. The number of sulfonamides is 1. The summed E-state index contributed by atoms with van der Waals surface area (Å²) in [5, 5.41) is 9.64. The topological polar surface area (TPSA) is 104 Å². The van der Waals surface area contributed by atoms with E-state index in [2.05, 4.69) is 4.72 Å². The number of ketones is 1. The molecule has 0 bridgehead atoms. The summed E-state index contributed by atoms with van der Waals surface area (Å²) < 4.78 is 27.7. The van der Waals surface area contributed by atoms with Crippen LogP contribution in [0.4, 0.5) is 11.4 Å². The molecule has 2 rings (SSSR count). The summed E-state index contributed by atoms with van der Waals surface area (Å²) in [6.45, 7) is 6.85. The number of carboxylic acid groups (broad SMARTS) is 1. The molecule has 0 saturated carbocycles. The number of nitrogens with one attached hydrogen (secondary N) is 1. The normalized spacial score (nSPS) is 11.1. The Morgan fingerprint density at radius 2 is 1.59 bits per heavy atom. The van der Waals surface area contributed by atoms with Crippen molar-refractivity contribution in [3.8, 4) is 0 Å². The van der Waals surface area contributed by atoms with Crippen LogP contribution in [0.15, 0.2) is 47.4 Å². The summed E-state index contributed by atoms with van der Waals surface area (Å²) in [4.78, 5) is 25.1. The van der Waals surface area contributed by atoms with Gasteiger partial charge in [-0.25, -0.2) is 13.2 Å². The van der Waals surface area contributed by atoms with Crippen LogP contribution in [0.2, 0.25) is 0 Å². The van der Waals surface area contributed by atoms with E-state index in [1.165, 1.54) is 37.3 Å². The van der Waals surface area contributed by atoms with E-state index in [0.717, 1.165) is 12.8 Å². The molecule has 0 saturated heterocycles. The van der Waals surface area contributed by atoms with E-state index in [-0.39, 0.29) is 21.9 Å². The fourth-order valence-electron chi connectivity index (χ4n) is 3.02. The van der Waals surface area contributed by atoms with Crippen LogP contribution in [0, 0.1) is 0 Å². The summed E-state index contributed by atoms with van der Waals surface area (Å²) in [6.07, 6.45) is 1.73. The quantitative estimate of drug-likeness (QED) is 0.565. The van der Waals surface area contributed by atoms with Crippen molar-refractivity contribution in [2.45, 2.75) is 38.5 Å². The molecule has 8 heteroatoms. The van der Waals surface area contributed by atoms with Gasteiger partial charge < -0.3 is 10.0 Å². The number of aromatic carboxylic acids is 1. The number of carboxylic acids is 1. The molecule has 0 heterocycles. The molecular formula is C21H26N2O5S. The van der Waals surface area contributed by atoms with Crippen LogP contribution < -0.4 is 9.62 Å². The van der Waals surface area contributed by atoms with E-state index in [0.29, 0.717) is 24.3 Å². The van der Waals surface area contributed by atoms with Crippen molar-refractivity contribution in [1.82, 2.24) is 0 Å². The van der Waals surface area contributed by atoms with E-state index in [4.69, 9.17) is 0 Å². The Morgan fingerprint density at radius 1 is 1.00 bits per heavy atom. The monoisotopic (exact) mass is 418 g/mol. The van der Waals surface area contributed by atoms with Crippen molar-refractivity contribution in [2.24, 2.45) is 0 Å². The number of rotatable bonds is 10. The highest BCUT2D eigenvalue weighted by Gasteiger charge is 2.19. The molecule has 2 aromatic carbocycles. The van der Waals surface area contributed by atoms with Gasteiger partial charge in [0.05, 0.1) is 16.1 Å². The van der Waals surface area contributed by atoms with Gasteiger partial charge in [0.25, 0.3) is 10.0 Å². The Hall–Kier alpha value is -2.87. The number of Topliss-reactive ketones (excluding diaryl/α,β-unsaturated/α-hetero) is 1. The third kappa shape index (κ3) is 5.57. The first-order valence-corrected chi connectivity index (χ1v) is 10.9. The first-order valence-electron chi connectivity index (χ1n) is 9.45. The molecule has 29 heavy (non-hydrogen) atoms. The molecule has 7 nitrogen and oxygen atoms in total. The summed E-state index contributed by atoms with van der Waals surface area (Å²) in [6, 6.07) is 10.1. The second-order valence-corrected chi connectivity index (χ2v) is 8.39. The number of hydrogen-bond donors (Lipinski definition) is 2. The van der Waals surface area contributed by atoms with Gasteiger partial charge in [-0.3, -0.25) is 9.52 Å². The zero-order valence-corrected chi connectivity index (χ0v) is 17.6. The maximum absolute atomic E-state index is 12.6. The van der Waals surface area contributed by atoms with Crippen LogP contribution in [-0.2, 0) is 10.0 Å². The molecule has 0 aliphatic carbocycles. The Labute approximate surface area is 171 Å². The van der Waals surface area contributed by atoms with Gasteiger partial charge in [-0.05, 0) is 50.1 Å². The Kier molecular flexibility index (Phi) is 7.39. The summed E-state index contributed by atoms with van der Waals surface area (Å²) >= 11 is 0. The van der Waals surface area contributed by atoms with Gasteiger partial charge in [-0.1, -0.05) is 26.0 Å². The van der Waals surface area contributed by atoms with E-state index in [1.54, 1.807) is 12.1 Å². The number of nitrogens with zero attached hydrogens (tertiary/aromatic N) is 1. The predicted octanol–water partition coefficient (Wildman–Crippen LogP) is 4.01. The van der Waals surface area contributed by atoms with Gasteiger partial charge >= 0.3 is 5.97 Å². The Morgan fingerprint density at radius 3 is 2.07 bits per heavy atom. The first-order chi connectivity index (χ1) is 13.7. The minimum Gasteiger partial charge on any atom is -0.478 e. The van der Waals surface area contributed by atoms with E-state index in [9.17, 15) is 23.1 Å². The molecule has 2 aromatic rings. The second-order valence-electron chi connectivity index (χ2n) is 6.71.